The summed E-state index contributed by atoms with van der Waals surface area (Å²) in [6, 6.07) is 0. The monoisotopic (exact) mass is 734 g/mol. The smallest absolute Gasteiger partial charge is 0.336 e. The average Bonchev–Trinajstić information content (AvgIpc) is 3.54. The summed E-state index contributed by atoms with van der Waals surface area (Å²) in [6.45, 7) is 7.68. The maximum absolute atomic E-state index is 12.8. The quantitative estimate of drug-likeness (QED) is 0.0827. The standard InChI is InChI=1S/C24H34N2O9S.C8H16O4S/c1-15(27)16(2)34-10-9-33-11-12-36-19-13-22(30)25(23(19)31)14-17-3-5-18(6-4-17)24(32)35-26-20(28)7-8-21(26)29;1-7(8(9)10-2)12-4-3-11-5-6-13/h16-19H,3-14H2,1-2H3;7,13H,3-6H2,1-2H3/t16-,17?,18?,19?;7-/m00/s1. The van der Waals surface area contributed by atoms with Crippen molar-refractivity contribution >= 4 is 65.7 Å². The van der Waals surface area contributed by atoms with Crippen molar-refractivity contribution < 1.29 is 62.1 Å². The van der Waals surface area contributed by atoms with Gasteiger partial charge in [-0.3, -0.25) is 28.9 Å². The van der Waals surface area contributed by atoms with E-state index in [1.54, 1.807) is 13.8 Å². The molecule has 2 aliphatic heterocycles. The van der Waals surface area contributed by atoms with Gasteiger partial charge in [0.1, 0.15) is 6.10 Å². The highest BCUT2D eigenvalue weighted by atomic mass is 32.2. The van der Waals surface area contributed by atoms with Crippen molar-refractivity contribution in [3.63, 3.8) is 0 Å². The van der Waals surface area contributed by atoms with Gasteiger partial charge in [0.25, 0.3) is 11.8 Å². The first-order valence-electron chi connectivity index (χ1n) is 16.5. The van der Waals surface area contributed by atoms with Crippen LogP contribution in [0.25, 0.3) is 0 Å². The van der Waals surface area contributed by atoms with E-state index in [4.69, 9.17) is 23.8 Å². The number of ether oxygens (including phenoxy) is 5. The first-order valence-corrected chi connectivity index (χ1v) is 18.2. The van der Waals surface area contributed by atoms with Crippen LogP contribution in [0.2, 0.25) is 0 Å². The van der Waals surface area contributed by atoms with Crippen molar-refractivity contribution in [1.82, 2.24) is 9.96 Å². The third-order valence-corrected chi connectivity index (χ3v) is 9.45. The lowest BCUT2D eigenvalue weighted by atomic mass is 9.82. The van der Waals surface area contributed by atoms with Crippen molar-refractivity contribution in [2.45, 2.75) is 83.2 Å². The number of thiol groups is 1. The molecule has 15 nitrogen and oxygen atoms in total. The largest absolute Gasteiger partial charge is 0.467 e. The molecule has 0 aromatic carbocycles. The maximum Gasteiger partial charge on any atom is 0.336 e. The normalized spacial score (nSPS) is 22.1. The highest BCUT2D eigenvalue weighted by Gasteiger charge is 2.41. The van der Waals surface area contributed by atoms with Gasteiger partial charge in [-0.05, 0) is 52.4 Å². The maximum atomic E-state index is 12.8. The van der Waals surface area contributed by atoms with E-state index in [0.717, 1.165) is 0 Å². The number of hydrogen-bond acceptors (Lipinski definition) is 15. The molecule has 0 bridgehead atoms. The number of carbonyl (C=O) groups is 7. The molecule has 4 amide bonds. The predicted octanol–water partition coefficient (Wildman–Crippen LogP) is 1.78. The Hall–Kier alpha value is -2.57. The molecule has 3 fully saturated rings. The number of methoxy groups -OCH3 is 1. The fraction of sp³-hybridized carbons (Fsp3) is 0.781. The van der Waals surface area contributed by atoms with Gasteiger partial charge < -0.3 is 28.5 Å². The molecule has 0 radical (unpaired) electrons. The van der Waals surface area contributed by atoms with Gasteiger partial charge >= 0.3 is 11.9 Å². The molecule has 1 saturated carbocycles. The summed E-state index contributed by atoms with van der Waals surface area (Å²) >= 11 is 5.37. The van der Waals surface area contributed by atoms with Gasteiger partial charge in [0.2, 0.25) is 11.8 Å². The molecule has 1 unspecified atom stereocenters. The highest BCUT2D eigenvalue weighted by molar-refractivity contribution is 8.00. The van der Waals surface area contributed by atoms with Gasteiger partial charge in [0, 0.05) is 37.3 Å². The lowest BCUT2D eigenvalue weighted by Crippen LogP contribution is -2.39. The number of imide groups is 2. The van der Waals surface area contributed by atoms with E-state index < -0.39 is 41.2 Å². The van der Waals surface area contributed by atoms with E-state index in [2.05, 4.69) is 17.4 Å². The summed E-state index contributed by atoms with van der Waals surface area (Å²) in [7, 11) is 1.33. The van der Waals surface area contributed by atoms with E-state index in [1.165, 1.54) is 30.7 Å². The van der Waals surface area contributed by atoms with Crippen LogP contribution in [0.1, 0.15) is 65.7 Å². The van der Waals surface area contributed by atoms with Crippen LogP contribution in [0.3, 0.4) is 0 Å². The summed E-state index contributed by atoms with van der Waals surface area (Å²) in [4.78, 5) is 89.2. The van der Waals surface area contributed by atoms with Gasteiger partial charge in [0.05, 0.1) is 57.9 Å². The third kappa shape index (κ3) is 15.1. The van der Waals surface area contributed by atoms with E-state index in [-0.39, 0.29) is 48.7 Å². The Labute approximate surface area is 297 Å². The zero-order chi connectivity index (χ0) is 36.3. The summed E-state index contributed by atoms with van der Waals surface area (Å²) < 4.78 is 25.5. The number of thioether (sulfide) groups is 1. The molecule has 3 aliphatic rings. The van der Waals surface area contributed by atoms with Gasteiger partial charge in [-0.25, -0.2) is 9.59 Å². The number of amides is 4. The van der Waals surface area contributed by atoms with Crippen LogP contribution in [0.4, 0.5) is 0 Å². The number of esters is 1. The number of carbonyl (C=O) groups excluding carboxylic acids is 7. The summed E-state index contributed by atoms with van der Waals surface area (Å²) in [5.74, 6) is -1.41. The number of ketones is 1. The van der Waals surface area contributed by atoms with Gasteiger partial charge in [-0.1, -0.05) is 0 Å². The zero-order valence-electron chi connectivity index (χ0n) is 28.8. The number of likely N-dealkylation sites (tertiary alicyclic amines) is 1. The topological polar surface area (TPSA) is 181 Å². The molecular formula is C32H50N2O13S2. The molecule has 49 heavy (non-hydrogen) atoms. The van der Waals surface area contributed by atoms with Gasteiger partial charge in [-0.15, -0.1) is 16.8 Å². The van der Waals surface area contributed by atoms with E-state index in [9.17, 15) is 33.6 Å². The Bertz CT molecular complexity index is 1120. The molecule has 3 atom stereocenters. The van der Waals surface area contributed by atoms with Gasteiger partial charge in [0.15, 0.2) is 11.9 Å². The third-order valence-electron chi connectivity index (χ3n) is 8.09. The Balaban J connectivity index is 0.000000543. The number of nitrogens with zero attached hydrogens (tertiary/aromatic N) is 2. The minimum Gasteiger partial charge on any atom is -0.467 e. The lowest BCUT2D eigenvalue weighted by Gasteiger charge is -2.30. The zero-order valence-corrected chi connectivity index (χ0v) is 30.5. The van der Waals surface area contributed by atoms with E-state index in [1.807, 2.05) is 0 Å². The van der Waals surface area contributed by atoms with Crippen molar-refractivity contribution in [1.29, 1.82) is 0 Å². The second-order valence-corrected chi connectivity index (χ2v) is 13.5. The number of Topliss-reactive ketones (excluding diaryl/α,β-unsaturated/α-hetero) is 1. The molecule has 17 heteroatoms. The van der Waals surface area contributed by atoms with Crippen LogP contribution in [-0.4, -0.2) is 134 Å². The van der Waals surface area contributed by atoms with E-state index >= 15 is 0 Å². The van der Waals surface area contributed by atoms with Crippen molar-refractivity contribution in [3.8, 4) is 0 Å². The number of hydrogen-bond donors (Lipinski definition) is 1. The summed E-state index contributed by atoms with van der Waals surface area (Å²) in [6.07, 6.45) is 1.63. The van der Waals surface area contributed by atoms with Crippen molar-refractivity contribution in [3.05, 3.63) is 0 Å². The molecule has 3 rings (SSSR count). The lowest BCUT2D eigenvalue weighted by molar-refractivity contribution is -0.201. The Morgan fingerprint density at radius 3 is 2.00 bits per heavy atom. The fourth-order valence-electron chi connectivity index (χ4n) is 5.07. The molecule has 0 aromatic heterocycles. The Kier molecular flexibility index (Phi) is 20.0. The van der Waals surface area contributed by atoms with Crippen molar-refractivity contribution in [2.75, 3.05) is 64.8 Å². The molecular weight excluding hydrogens is 684 g/mol. The molecule has 278 valence electrons. The Morgan fingerprint density at radius 1 is 0.837 bits per heavy atom. The molecule has 2 saturated heterocycles. The molecule has 2 heterocycles. The summed E-state index contributed by atoms with van der Waals surface area (Å²) in [5.41, 5.74) is 0. The van der Waals surface area contributed by atoms with E-state index in [0.29, 0.717) is 88.4 Å². The second-order valence-electron chi connectivity index (χ2n) is 11.7. The summed E-state index contributed by atoms with van der Waals surface area (Å²) in [5, 5.41) is 0.152. The molecule has 0 spiro atoms. The average molecular weight is 735 g/mol. The second kappa shape index (κ2) is 23.0. The molecule has 1 aliphatic carbocycles. The van der Waals surface area contributed by atoms with Crippen LogP contribution in [0.5, 0.6) is 0 Å². The van der Waals surface area contributed by atoms with Gasteiger partial charge in [-0.2, -0.15) is 12.6 Å². The van der Waals surface area contributed by atoms with Crippen LogP contribution in [-0.2, 0) is 62.1 Å². The number of rotatable bonds is 20. The molecule has 0 N–H and O–H groups in total. The minimum atomic E-state index is -0.580. The van der Waals surface area contributed by atoms with Crippen molar-refractivity contribution in [2.24, 2.45) is 11.8 Å². The SMILES string of the molecule is CC(=O)[C@H](C)OCCOCCSC1CC(=O)N(CC2CCC(C(=O)ON3C(=O)CCC3=O)CC2)C1=O.COC(=O)[C@H](C)OCCOCCS. The minimum absolute atomic E-state index is 0.0389. The Morgan fingerprint density at radius 2 is 1.43 bits per heavy atom. The molecule has 0 aromatic rings. The van der Waals surface area contributed by atoms with Crippen LogP contribution in [0, 0.1) is 11.8 Å². The first-order chi connectivity index (χ1) is 23.4. The number of hydroxylamine groups is 2. The predicted molar refractivity (Wildman–Crippen MR) is 179 cm³/mol. The fourth-order valence-corrected chi connectivity index (χ4v) is 6.23. The highest BCUT2D eigenvalue weighted by Crippen LogP contribution is 2.33. The van der Waals surface area contributed by atoms with Crippen LogP contribution < -0.4 is 0 Å². The van der Waals surface area contributed by atoms with Crippen LogP contribution >= 0.6 is 24.4 Å². The first kappa shape index (κ1) is 42.6. The van der Waals surface area contributed by atoms with Crippen LogP contribution in [0.15, 0.2) is 0 Å².